The molecule has 0 saturated heterocycles. The van der Waals surface area contributed by atoms with E-state index in [-0.39, 0.29) is 19.1 Å². The van der Waals surface area contributed by atoms with Crippen LogP contribution in [0.15, 0.2) is 12.2 Å². The molecule has 3 atom stereocenters. The molecule has 0 aromatic rings. The third-order valence-corrected chi connectivity index (χ3v) is 8.75. The third kappa shape index (κ3) is 29.7. The van der Waals surface area contributed by atoms with E-state index in [9.17, 15) is 19.4 Å². The quantitative estimate of drug-likeness (QED) is 0.0306. The van der Waals surface area contributed by atoms with Crippen molar-refractivity contribution in [1.82, 2.24) is 5.32 Å². The van der Waals surface area contributed by atoms with E-state index in [2.05, 4.69) is 31.3 Å². The second-order valence-corrected chi connectivity index (χ2v) is 14.7. The summed E-state index contributed by atoms with van der Waals surface area (Å²) in [5, 5.41) is 13.6. The Balaban J connectivity index is 4.21. The highest BCUT2D eigenvalue weighted by atomic mass is 31.2. The molecule has 0 aliphatic rings. The molecule has 3 unspecified atom stereocenters. The van der Waals surface area contributed by atoms with E-state index in [4.69, 9.17) is 9.05 Å². The summed E-state index contributed by atoms with van der Waals surface area (Å²) in [7, 11) is 1.61. The summed E-state index contributed by atoms with van der Waals surface area (Å²) >= 11 is 0. The number of phosphoric acid groups is 1. The zero-order chi connectivity index (χ0) is 32.2. The van der Waals surface area contributed by atoms with E-state index in [1.165, 1.54) is 77.0 Å². The van der Waals surface area contributed by atoms with Crippen LogP contribution in [0.5, 0.6) is 0 Å². The van der Waals surface area contributed by atoms with Gasteiger partial charge in [-0.05, 0) is 38.5 Å². The van der Waals surface area contributed by atoms with E-state index < -0.39 is 20.0 Å². The summed E-state index contributed by atoms with van der Waals surface area (Å²) in [6.07, 6.45) is 27.1. The van der Waals surface area contributed by atoms with Crippen molar-refractivity contribution >= 4 is 13.7 Å². The van der Waals surface area contributed by atoms with Crippen LogP contribution in [-0.4, -0.2) is 73.4 Å². The van der Waals surface area contributed by atoms with E-state index in [0.29, 0.717) is 23.9 Å². The minimum atomic E-state index is -4.28. The van der Waals surface area contributed by atoms with Crippen molar-refractivity contribution in [2.45, 2.75) is 161 Å². The minimum absolute atomic E-state index is 0.0736. The predicted molar refractivity (Wildman–Crippen MR) is 180 cm³/mol. The maximum atomic E-state index is 12.7. The number of nitrogens with zero attached hydrogens (tertiary/aromatic N) is 1. The Labute approximate surface area is 265 Å². The molecule has 256 valence electrons. The first kappa shape index (κ1) is 42.2. The van der Waals surface area contributed by atoms with Crippen LogP contribution in [0.4, 0.5) is 0 Å². The molecular formula is C34H70N2O6P+. The average Bonchev–Trinajstić information content (AvgIpc) is 2.94. The molecule has 0 saturated carbocycles. The SMILES string of the molecule is CCCCCCCC/C=C\CCCCCCCCCC(=O)NC(COP(=O)(O)OCC[N+](C)(C)C)C(O)CCCCCC. The van der Waals surface area contributed by atoms with Gasteiger partial charge in [0, 0.05) is 6.42 Å². The molecule has 8 nitrogen and oxygen atoms in total. The summed E-state index contributed by atoms with van der Waals surface area (Å²) < 4.78 is 23.2. The van der Waals surface area contributed by atoms with Gasteiger partial charge in [0.1, 0.15) is 13.2 Å². The van der Waals surface area contributed by atoms with Crippen molar-refractivity contribution in [2.24, 2.45) is 0 Å². The maximum absolute atomic E-state index is 12.7. The Bertz CT molecular complexity index is 728. The lowest BCUT2D eigenvalue weighted by Crippen LogP contribution is -2.46. The number of aliphatic hydroxyl groups excluding tert-OH is 1. The predicted octanol–water partition coefficient (Wildman–Crippen LogP) is 8.46. The normalized spacial score (nSPS) is 15.0. The van der Waals surface area contributed by atoms with Crippen LogP contribution in [0.3, 0.4) is 0 Å². The van der Waals surface area contributed by atoms with Crippen LogP contribution in [0, 0.1) is 0 Å². The summed E-state index contributed by atoms with van der Waals surface area (Å²) in [6.45, 7) is 4.74. The first-order valence-electron chi connectivity index (χ1n) is 17.6. The van der Waals surface area contributed by atoms with Gasteiger partial charge in [0.2, 0.25) is 5.91 Å². The molecule has 0 spiro atoms. The number of nitrogens with one attached hydrogen (secondary N) is 1. The minimum Gasteiger partial charge on any atom is -0.391 e. The molecule has 0 aliphatic heterocycles. The number of rotatable bonds is 31. The number of likely N-dealkylation sites (N-methyl/N-ethyl adjacent to an activating group) is 1. The monoisotopic (exact) mass is 633 g/mol. The first-order chi connectivity index (χ1) is 20.5. The number of hydrogen-bond acceptors (Lipinski definition) is 5. The molecule has 0 aromatic carbocycles. The second-order valence-electron chi connectivity index (χ2n) is 13.2. The fourth-order valence-corrected chi connectivity index (χ4v) is 5.60. The van der Waals surface area contributed by atoms with Crippen molar-refractivity contribution in [1.29, 1.82) is 0 Å². The highest BCUT2D eigenvalue weighted by Gasteiger charge is 2.28. The molecular weight excluding hydrogens is 563 g/mol. The summed E-state index contributed by atoms with van der Waals surface area (Å²) in [5.74, 6) is -0.160. The number of hydrogen-bond donors (Lipinski definition) is 3. The van der Waals surface area contributed by atoms with Gasteiger partial charge >= 0.3 is 7.82 Å². The van der Waals surface area contributed by atoms with Crippen LogP contribution in [0.2, 0.25) is 0 Å². The number of allylic oxidation sites excluding steroid dienone is 2. The van der Waals surface area contributed by atoms with Gasteiger partial charge in [-0.1, -0.05) is 116 Å². The summed E-state index contributed by atoms with van der Waals surface area (Å²) in [4.78, 5) is 22.7. The van der Waals surface area contributed by atoms with E-state index >= 15 is 0 Å². The summed E-state index contributed by atoms with van der Waals surface area (Å²) in [6, 6.07) is -0.753. The molecule has 43 heavy (non-hydrogen) atoms. The zero-order valence-corrected chi connectivity index (χ0v) is 29.6. The third-order valence-electron chi connectivity index (χ3n) is 7.76. The van der Waals surface area contributed by atoms with Crippen molar-refractivity contribution < 1.29 is 32.9 Å². The average molecular weight is 634 g/mol. The molecule has 0 aromatic heterocycles. The largest absolute Gasteiger partial charge is 0.472 e. The van der Waals surface area contributed by atoms with E-state index in [1.54, 1.807) is 0 Å². The number of carbonyl (C=O) groups excluding carboxylic acids is 1. The number of quaternary nitrogens is 1. The van der Waals surface area contributed by atoms with Crippen LogP contribution < -0.4 is 5.32 Å². The molecule has 0 fully saturated rings. The van der Waals surface area contributed by atoms with Gasteiger partial charge in [-0.2, -0.15) is 0 Å². The highest BCUT2D eigenvalue weighted by molar-refractivity contribution is 7.47. The number of phosphoric ester groups is 1. The van der Waals surface area contributed by atoms with E-state index in [1.807, 2.05) is 21.1 Å². The second kappa shape index (κ2) is 27.5. The van der Waals surface area contributed by atoms with Gasteiger partial charge in [0.05, 0.1) is 39.9 Å². The summed E-state index contributed by atoms with van der Waals surface area (Å²) in [5.41, 5.74) is 0. The number of aliphatic hydroxyl groups is 1. The van der Waals surface area contributed by atoms with Crippen LogP contribution in [0.25, 0.3) is 0 Å². The Kier molecular flexibility index (Phi) is 27.1. The number of amides is 1. The van der Waals surface area contributed by atoms with Crippen LogP contribution >= 0.6 is 7.82 Å². The fraction of sp³-hybridized carbons (Fsp3) is 0.912. The molecule has 0 rings (SSSR count). The van der Waals surface area contributed by atoms with Gasteiger partial charge in [0.15, 0.2) is 0 Å². The lowest BCUT2D eigenvalue weighted by molar-refractivity contribution is -0.870. The van der Waals surface area contributed by atoms with Gasteiger partial charge in [0.25, 0.3) is 0 Å². The first-order valence-corrected chi connectivity index (χ1v) is 19.0. The Morgan fingerprint density at radius 3 is 1.79 bits per heavy atom. The topological polar surface area (TPSA) is 105 Å². The molecule has 0 bridgehead atoms. The molecule has 3 N–H and O–H groups in total. The smallest absolute Gasteiger partial charge is 0.391 e. The Morgan fingerprint density at radius 2 is 1.26 bits per heavy atom. The number of unbranched alkanes of at least 4 members (excludes halogenated alkanes) is 16. The van der Waals surface area contributed by atoms with Crippen molar-refractivity contribution in [3.63, 3.8) is 0 Å². The molecule has 9 heteroatoms. The van der Waals surface area contributed by atoms with Gasteiger partial charge in [-0.15, -0.1) is 0 Å². The maximum Gasteiger partial charge on any atom is 0.472 e. The van der Waals surface area contributed by atoms with Gasteiger partial charge in [-0.3, -0.25) is 13.8 Å². The standard InChI is InChI=1S/C34H69N2O6P/c1-6-8-10-12-13-14-15-16-17-18-19-20-21-22-23-24-26-28-34(38)35-32(33(37)27-25-11-9-7-2)31-42-43(39,40)41-30-29-36(3,4)5/h16-17,32-33,37H,6-15,18-31H2,1-5H3,(H-,35,38,39,40)/p+1/b17-16-. The Hall–Kier alpha value is -0.760. The molecule has 0 heterocycles. The van der Waals surface area contributed by atoms with Crippen molar-refractivity contribution in [3.8, 4) is 0 Å². The molecule has 1 amide bonds. The molecule has 0 radical (unpaired) electrons. The number of carbonyl (C=O) groups is 1. The van der Waals surface area contributed by atoms with Crippen LogP contribution in [-0.2, 0) is 18.4 Å². The van der Waals surface area contributed by atoms with Crippen molar-refractivity contribution in [3.05, 3.63) is 12.2 Å². The Morgan fingerprint density at radius 1 is 0.767 bits per heavy atom. The lowest BCUT2D eigenvalue weighted by atomic mass is 10.0. The van der Waals surface area contributed by atoms with Gasteiger partial charge in [-0.25, -0.2) is 4.57 Å². The van der Waals surface area contributed by atoms with Crippen LogP contribution in [0.1, 0.15) is 149 Å². The highest BCUT2D eigenvalue weighted by Crippen LogP contribution is 2.43. The van der Waals surface area contributed by atoms with E-state index in [0.717, 1.165) is 44.9 Å². The zero-order valence-electron chi connectivity index (χ0n) is 28.7. The fourth-order valence-electron chi connectivity index (χ4n) is 4.86. The molecule has 0 aliphatic carbocycles. The van der Waals surface area contributed by atoms with Gasteiger partial charge < -0.3 is 19.8 Å². The van der Waals surface area contributed by atoms with Crippen molar-refractivity contribution in [2.75, 3.05) is 40.9 Å². The lowest BCUT2D eigenvalue weighted by Gasteiger charge is -2.26.